The second kappa shape index (κ2) is 6.24. The van der Waals surface area contributed by atoms with Crippen LogP contribution in [0.3, 0.4) is 0 Å². The Bertz CT molecular complexity index is 134. The van der Waals surface area contributed by atoms with Crippen molar-refractivity contribution >= 4 is 0 Å². The Morgan fingerprint density at radius 2 is 1.83 bits per heavy atom. The van der Waals surface area contributed by atoms with Gasteiger partial charge in [-0.1, -0.05) is 18.6 Å². The minimum atomic E-state index is 0.401. The normalized spacial score (nSPS) is 15.4. The van der Waals surface area contributed by atoms with E-state index in [4.69, 9.17) is 4.74 Å². The molecule has 0 aromatic carbocycles. The third-order valence-corrected chi connectivity index (χ3v) is 2.05. The van der Waals surface area contributed by atoms with Crippen LogP contribution in [0.1, 0.15) is 40.5 Å². The summed E-state index contributed by atoms with van der Waals surface area (Å²) < 4.78 is 5.18. The van der Waals surface area contributed by atoms with E-state index in [9.17, 15) is 0 Å². The standard InChI is InChI=1S/C11H22O/c1-9(2)8-10(3)6-7-11(4)12-5/h8,10-11H,6-7H2,1-5H3. The summed E-state index contributed by atoms with van der Waals surface area (Å²) in [6.45, 7) is 8.68. The van der Waals surface area contributed by atoms with E-state index in [2.05, 4.69) is 33.8 Å². The van der Waals surface area contributed by atoms with Gasteiger partial charge in [-0.15, -0.1) is 0 Å². The molecular formula is C11H22O. The molecule has 0 aromatic heterocycles. The first-order chi connectivity index (χ1) is 5.56. The van der Waals surface area contributed by atoms with Gasteiger partial charge in [0.1, 0.15) is 0 Å². The van der Waals surface area contributed by atoms with Crippen LogP contribution in [0.25, 0.3) is 0 Å². The van der Waals surface area contributed by atoms with Crippen molar-refractivity contribution in [3.63, 3.8) is 0 Å². The molecule has 0 saturated carbocycles. The quantitative estimate of drug-likeness (QED) is 0.575. The van der Waals surface area contributed by atoms with Gasteiger partial charge in [0, 0.05) is 7.11 Å². The molecule has 0 spiro atoms. The molecule has 12 heavy (non-hydrogen) atoms. The zero-order valence-corrected chi connectivity index (χ0v) is 9.05. The van der Waals surface area contributed by atoms with Gasteiger partial charge in [0.25, 0.3) is 0 Å². The monoisotopic (exact) mass is 170 g/mol. The predicted octanol–water partition coefficient (Wildman–Crippen LogP) is 3.40. The zero-order chi connectivity index (χ0) is 9.56. The second-order valence-electron chi connectivity index (χ2n) is 3.84. The number of rotatable bonds is 5. The third kappa shape index (κ3) is 6.41. The van der Waals surface area contributed by atoms with Crippen molar-refractivity contribution in [3.8, 4) is 0 Å². The average molecular weight is 170 g/mol. The van der Waals surface area contributed by atoms with E-state index in [1.165, 1.54) is 12.0 Å². The molecule has 1 nitrogen and oxygen atoms in total. The number of allylic oxidation sites excluding steroid dienone is 2. The molecule has 0 aliphatic heterocycles. The Morgan fingerprint density at radius 1 is 1.25 bits per heavy atom. The molecule has 0 saturated heterocycles. The molecule has 0 fully saturated rings. The van der Waals surface area contributed by atoms with Crippen LogP contribution in [-0.4, -0.2) is 13.2 Å². The molecule has 0 aliphatic rings. The molecule has 1 heteroatoms. The SMILES string of the molecule is COC(C)CCC(C)C=C(C)C. The lowest BCUT2D eigenvalue weighted by atomic mass is 10.0. The Hall–Kier alpha value is -0.300. The fourth-order valence-corrected chi connectivity index (χ4v) is 1.27. The van der Waals surface area contributed by atoms with Crippen LogP contribution in [0.15, 0.2) is 11.6 Å². The van der Waals surface area contributed by atoms with E-state index in [1.807, 2.05) is 0 Å². The Morgan fingerprint density at radius 3 is 2.25 bits per heavy atom. The Labute approximate surface area is 76.8 Å². The van der Waals surface area contributed by atoms with E-state index in [0.717, 1.165) is 6.42 Å². The number of methoxy groups -OCH3 is 1. The number of hydrogen-bond acceptors (Lipinski definition) is 1. The van der Waals surface area contributed by atoms with E-state index in [-0.39, 0.29) is 0 Å². The fraction of sp³-hybridized carbons (Fsp3) is 0.818. The smallest absolute Gasteiger partial charge is 0.0543 e. The molecule has 2 unspecified atom stereocenters. The van der Waals surface area contributed by atoms with Crippen molar-refractivity contribution in [1.82, 2.24) is 0 Å². The van der Waals surface area contributed by atoms with Crippen LogP contribution in [-0.2, 0) is 4.74 Å². The summed E-state index contributed by atoms with van der Waals surface area (Å²) >= 11 is 0. The van der Waals surface area contributed by atoms with E-state index >= 15 is 0 Å². The first kappa shape index (κ1) is 11.7. The summed E-state index contributed by atoms with van der Waals surface area (Å²) in [7, 11) is 1.77. The van der Waals surface area contributed by atoms with Crippen molar-refractivity contribution in [2.24, 2.45) is 5.92 Å². The molecule has 0 aliphatic carbocycles. The largest absolute Gasteiger partial charge is 0.382 e. The summed E-state index contributed by atoms with van der Waals surface area (Å²) in [6, 6.07) is 0. The van der Waals surface area contributed by atoms with Gasteiger partial charge in [-0.2, -0.15) is 0 Å². The molecule has 0 amide bonds. The van der Waals surface area contributed by atoms with Crippen LogP contribution in [0.5, 0.6) is 0 Å². The van der Waals surface area contributed by atoms with Crippen molar-refractivity contribution in [2.45, 2.75) is 46.6 Å². The first-order valence-corrected chi connectivity index (χ1v) is 4.74. The molecule has 0 aromatic rings. The topological polar surface area (TPSA) is 9.23 Å². The van der Waals surface area contributed by atoms with Gasteiger partial charge in [0.15, 0.2) is 0 Å². The summed E-state index contributed by atoms with van der Waals surface area (Å²) in [5.41, 5.74) is 1.41. The van der Waals surface area contributed by atoms with Gasteiger partial charge in [0.2, 0.25) is 0 Å². The van der Waals surface area contributed by atoms with E-state index in [0.29, 0.717) is 12.0 Å². The summed E-state index contributed by atoms with van der Waals surface area (Å²) in [4.78, 5) is 0. The van der Waals surface area contributed by atoms with Crippen molar-refractivity contribution in [2.75, 3.05) is 7.11 Å². The maximum atomic E-state index is 5.18. The number of ether oxygens (including phenoxy) is 1. The highest BCUT2D eigenvalue weighted by molar-refractivity contribution is 4.95. The maximum absolute atomic E-state index is 5.18. The van der Waals surface area contributed by atoms with Crippen molar-refractivity contribution in [3.05, 3.63) is 11.6 Å². The lowest BCUT2D eigenvalue weighted by molar-refractivity contribution is 0.107. The minimum absolute atomic E-state index is 0.401. The highest BCUT2D eigenvalue weighted by Crippen LogP contribution is 2.12. The molecular weight excluding hydrogens is 148 g/mol. The van der Waals surface area contributed by atoms with Crippen molar-refractivity contribution < 1.29 is 4.74 Å². The maximum Gasteiger partial charge on any atom is 0.0543 e. The van der Waals surface area contributed by atoms with Crippen LogP contribution < -0.4 is 0 Å². The van der Waals surface area contributed by atoms with Crippen LogP contribution in [0.4, 0.5) is 0 Å². The van der Waals surface area contributed by atoms with Gasteiger partial charge in [0.05, 0.1) is 6.10 Å². The summed E-state index contributed by atoms with van der Waals surface area (Å²) in [5, 5.41) is 0. The molecule has 72 valence electrons. The molecule has 0 rings (SSSR count). The second-order valence-corrected chi connectivity index (χ2v) is 3.84. The van der Waals surface area contributed by atoms with Gasteiger partial charge < -0.3 is 4.74 Å². The van der Waals surface area contributed by atoms with Crippen LogP contribution >= 0.6 is 0 Å². The molecule has 2 atom stereocenters. The molecule has 0 radical (unpaired) electrons. The highest BCUT2D eigenvalue weighted by Gasteiger charge is 2.02. The zero-order valence-electron chi connectivity index (χ0n) is 9.05. The fourth-order valence-electron chi connectivity index (χ4n) is 1.27. The third-order valence-electron chi connectivity index (χ3n) is 2.05. The minimum Gasteiger partial charge on any atom is -0.382 e. The predicted molar refractivity (Wildman–Crippen MR) is 54.3 cm³/mol. The van der Waals surface area contributed by atoms with Gasteiger partial charge in [-0.3, -0.25) is 0 Å². The summed E-state index contributed by atoms with van der Waals surface area (Å²) in [6.07, 6.45) is 5.10. The van der Waals surface area contributed by atoms with E-state index in [1.54, 1.807) is 7.11 Å². The molecule has 0 N–H and O–H groups in total. The Balaban J connectivity index is 3.57. The van der Waals surface area contributed by atoms with Crippen LogP contribution in [0.2, 0.25) is 0 Å². The molecule has 0 bridgehead atoms. The van der Waals surface area contributed by atoms with Gasteiger partial charge in [-0.25, -0.2) is 0 Å². The first-order valence-electron chi connectivity index (χ1n) is 4.74. The van der Waals surface area contributed by atoms with Crippen LogP contribution in [0, 0.1) is 5.92 Å². The van der Waals surface area contributed by atoms with Gasteiger partial charge in [-0.05, 0) is 39.5 Å². The Kier molecular flexibility index (Phi) is 6.09. The molecule has 0 heterocycles. The van der Waals surface area contributed by atoms with Crippen molar-refractivity contribution in [1.29, 1.82) is 0 Å². The lowest BCUT2D eigenvalue weighted by Crippen LogP contribution is -2.06. The van der Waals surface area contributed by atoms with Gasteiger partial charge >= 0.3 is 0 Å². The number of hydrogen-bond donors (Lipinski definition) is 0. The van der Waals surface area contributed by atoms with E-state index < -0.39 is 0 Å². The average Bonchev–Trinajstić information content (AvgIpc) is 1.99. The lowest BCUT2D eigenvalue weighted by Gasteiger charge is -2.11. The highest BCUT2D eigenvalue weighted by atomic mass is 16.5. The summed E-state index contributed by atoms with van der Waals surface area (Å²) in [5.74, 6) is 0.688.